The monoisotopic (exact) mass is 375 g/mol. The van der Waals surface area contributed by atoms with Gasteiger partial charge in [0.15, 0.2) is 11.6 Å². The highest BCUT2D eigenvalue weighted by atomic mass is 35.5. The number of nitrogens with zero attached hydrogens (tertiary/aromatic N) is 2. The third-order valence-corrected chi connectivity index (χ3v) is 4.05. The van der Waals surface area contributed by atoms with Crippen molar-refractivity contribution >= 4 is 23.2 Å². The van der Waals surface area contributed by atoms with E-state index in [-0.39, 0.29) is 18.2 Å². The molecule has 0 spiro atoms. The molecule has 0 atom stereocenters. The summed E-state index contributed by atoms with van der Waals surface area (Å²) in [6, 6.07) is 11.4. The van der Waals surface area contributed by atoms with Crippen molar-refractivity contribution in [2.45, 2.75) is 13.5 Å². The molecule has 1 N–H and O–H groups in total. The van der Waals surface area contributed by atoms with E-state index >= 15 is 0 Å². The Kier molecular flexibility index (Phi) is 6.96. The maximum Gasteiger partial charge on any atom is 0.238 e. The van der Waals surface area contributed by atoms with E-state index in [9.17, 15) is 9.18 Å². The van der Waals surface area contributed by atoms with Gasteiger partial charge in [-0.1, -0.05) is 24.6 Å². The molecule has 5 nitrogen and oxygen atoms in total. The first-order chi connectivity index (χ1) is 12.5. The van der Waals surface area contributed by atoms with Gasteiger partial charge in [-0.05, 0) is 42.4 Å². The Morgan fingerprint density at radius 1 is 1.35 bits per heavy atom. The van der Waals surface area contributed by atoms with Gasteiger partial charge in [0.25, 0.3) is 0 Å². The molecule has 0 bridgehead atoms. The number of halogens is 2. The first-order valence-corrected chi connectivity index (χ1v) is 8.38. The average molecular weight is 376 g/mol. The van der Waals surface area contributed by atoms with Crippen LogP contribution in [0, 0.1) is 17.1 Å². The van der Waals surface area contributed by atoms with E-state index in [1.165, 1.54) is 19.2 Å². The van der Waals surface area contributed by atoms with Crippen LogP contribution in [0.15, 0.2) is 36.4 Å². The van der Waals surface area contributed by atoms with Gasteiger partial charge in [0, 0.05) is 11.6 Å². The number of amides is 1. The largest absolute Gasteiger partial charge is 0.494 e. The molecular formula is C19H19ClFN3O2. The van der Waals surface area contributed by atoms with Crippen LogP contribution in [0.1, 0.15) is 18.1 Å². The molecule has 136 valence electrons. The molecule has 26 heavy (non-hydrogen) atoms. The number of anilines is 1. The van der Waals surface area contributed by atoms with Crippen LogP contribution >= 0.6 is 11.6 Å². The number of benzene rings is 2. The predicted octanol–water partition coefficient (Wildman–Crippen LogP) is 3.82. The second-order valence-corrected chi connectivity index (χ2v) is 6.06. The van der Waals surface area contributed by atoms with Crippen LogP contribution in [0.5, 0.6) is 5.75 Å². The van der Waals surface area contributed by atoms with Gasteiger partial charge in [0.05, 0.1) is 24.9 Å². The molecule has 0 aliphatic rings. The Labute approximate surface area is 156 Å². The van der Waals surface area contributed by atoms with E-state index in [0.29, 0.717) is 29.4 Å². The lowest BCUT2D eigenvalue weighted by Crippen LogP contribution is -2.33. The summed E-state index contributed by atoms with van der Waals surface area (Å²) in [6.07, 6.45) is 0. The number of methoxy groups -OCH3 is 1. The van der Waals surface area contributed by atoms with Gasteiger partial charge < -0.3 is 10.1 Å². The Bertz CT molecular complexity index is 836. The summed E-state index contributed by atoms with van der Waals surface area (Å²) < 4.78 is 18.7. The van der Waals surface area contributed by atoms with Crippen molar-refractivity contribution in [2.24, 2.45) is 0 Å². The van der Waals surface area contributed by atoms with Gasteiger partial charge in [-0.15, -0.1) is 0 Å². The van der Waals surface area contributed by atoms with Crippen molar-refractivity contribution < 1.29 is 13.9 Å². The van der Waals surface area contributed by atoms with E-state index in [0.717, 1.165) is 5.56 Å². The zero-order chi connectivity index (χ0) is 19.1. The number of ether oxygens (including phenoxy) is 1. The lowest BCUT2D eigenvalue weighted by atomic mass is 10.2. The lowest BCUT2D eigenvalue weighted by molar-refractivity contribution is -0.117. The second-order valence-electron chi connectivity index (χ2n) is 5.62. The normalized spacial score (nSPS) is 10.5. The third kappa shape index (κ3) is 5.19. The Morgan fingerprint density at radius 3 is 2.73 bits per heavy atom. The van der Waals surface area contributed by atoms with Crippen LogP contribution in [0.2, 0.25) is 5.02 Å². The molecule has 0 aliphatic heterocycles. The maximum absolute atomic E-state index is 13.8. The van der Waals surface area contributed by atoms with Gasteiger partial charge in [-0.2, -0.15) is 5.26 Å². The average Bonchev–Trinajstić information content (AvgIpc) is 2.61. The van der Waals surface area contributed by atoms with Gasteiger partial charge in [-0.3, -0.25) is 9.69 Å². The molecule has 2 rings (SSSR count). The second kappa shape index (κ2) is 9.18. The first-order valence-electron chi connectivity index (χ1n) is 8.01. The predicted molar refractivity (Wildman–Crippen MR) is 98.7 cm³/mol. The summed E-state index contributed by atoms with van der Waals surface area (Å²) in [5.74, 6) is -0.540. The molecule has 1 amide bonds. The van der Waals surface area contributed by atoms with E-state index in [4.69, 9.17) is 21.6 Å². The highest BCUT2D eigenvalue weighted by Gasteiger charge is 2.13. The van der Waals surface area contributed by atoms with Crippen molar-refractivity contribution in [1.82, 2.24) is 4.90 Å². The van der Waals surface area contributed by atoms with Crippen LogP contribution in [0.25, 0.3) is 0 Å². The zero-order valence-corrected chi connectivity index (χ0v) is 15.3. The molecule has 0 saturated heterocycles. The summed E-state index contributed by atoms with van der Waals surface area (Å²) in [4.78, 5) is 14.2. The topological polar surface area (TPSA) is 65.4 Å². The highest BCUT2D eigenvalue weighted by molar-refractivity contribution is 6.31. The number of nitriles is 1. The SMILES string of the molecule is CCN(CC(=O)Nc1cc(Cl)ccc1C#N)Cc1ccc(OC)c(F)c1. The number of carbonyl (C=O) groups excluding carboxylic acids is 1. The van der Waals surface area contributed by atoms with Gasteiger partial charge in [0.2, 0.25) is 5.91 Å². The Hall–Kier alpha value is -2.62. The summed E-state index contributed by atoms with van der Waals surface area (Å²) in [6.45, 7) is 3.02. The molecule has 0 unspecified atom stereocenters. The van der Waals surface area contributed by atoms with Crippen molar-refractivity contribution in [3.8, 4) is 11.8 Å². The molecule has 2 aromatic rings. The minimum atomic E-state index is -0.442. The smallest absolute Gasteiger partial charge is 0.238 e. The van der Waals surface area contributed by atoms with Crippen molar-refractivity contribution in [3.63, 3.8) is 0 Å². The number of rotatable bonds is 7. The van der Waals surface area contributed by atoms with Crippen LogP contribution in [-0.2, 0) is 11.3 Å². The van der Waals surface area contributed by atoms with Crippen molar-refractivity contribution in [3.05, 3.63) is 58.4 Å². The molecule has 0 heterocycles. The summed E-state index contributed by atoms with van der Waals surface area (Å²) in [7, 11) is 1.41. The van der Waals surface area contributed by atoms with E-state index < -0.39 is 5.82 Å². The molecule has 0 aromatic heterocycles. The standard InChI is InChI=1S/C19H19ClFN3O2/c1-3-24(11-13-4-7-18(26-2)16(21)8-13)12-19(25)23-17-9-15(20)6-5-14(17)10-22/h4-9H,3,11-12H2,1-2H3,(H,23,25). The first kappa shape index (κ1) is 19.7. The fourth-order valence-electron chi connectivity index (χ4n) is 2.46. The van der Waals surface area contributed by atoms with E-state index in [1.807, 2.05) is 17.9 Å². The third-order valence-electron chi connectivity index (χ3n) is 3.81. The Balaban J connectivity index is 2.03. The van der Waals surface area contributed by atoms with Gasteiger partial charge >= 0.3 is 0 Å². The van der Waals surface area contributed by atoms with Crippen LogP contribution < -0.4 is 10.1 Å². The van der Waals surface area contributed by atoms with E-state index in [2.05, 4.69) is 5.32 Å². The fraction of sp³-hybridized carbons (Fsp3) is 0.263. The molecule has 2 aromatic carbocycles. The minimum Gasteiger partial charge on any atom is -0.494 e. The summed E-state index contributed by atoms with van der Waals surface area (Å²) in [5.41, 5.74) is 1.44. The molecule has 0 radical (unpaired) electrons. The summed E-state index contributed by atoms with van der Waals surface area (Å²) in [5, 5.41) is 12.2. The number of carbonyl (C=O) groups is 1. The van der Waals surface area contributed by atoms with Gasteiger partial charge in [0.1, 0.15) is 6.07 Å². The molecular weight excluding hydrogens is 357 g/mol. The van der Waals surface area contributed by atoms with E-state index in [1.54, 1.807) is 24.3 Å². The molecule has 0 saturated carbocycles. The lowest BCUT2D eigenvalue weighted by Gasteiger charge is -2.20. The minimum absolute atomic E-state index is 0.0987. The number of hydrogen-bond acceptors (Lipinski definition) is 4. The van der Waals surface area contributed by atoms with Crippen LogP contribution in [-0.4, -0.2) is 31.0 Å². The fourth-order valence-corrected chi connectivity index (χ4v) is 2.63. The van der Waals surface area contributed by atoms with Gasteiger partial charge in [-0.25, -0.2) is 4.39 Å². The zero-order valence-electron chi connectivity index (χ0n) is 14.6. The maximum atomic E-state index is 13.8. The quantitative estimate of drug-likeness (QED) is 0.799. The number of hydrogen-bond donors (Lipinski definition) is 1. The van der Waals surface area contributed by atoms with Crippen molar-refractivity contribution in [1.29, 1.82) is 5.26 Å². The highest BCUT2D eigenvalue weighted by Crippen LogP contribution is 2.21. The number of likely N-dealkylation sites (N-methyl/N-ethyl adjacent to an activating group) is 1. The molecule has 7 heteroatoms. The summed E-state index contributed by atoms with van der Waals surface area (Å²) >= 11 is 5.92. The molecule has 0 fully saturated rings. The van der Waals surface area contributed by atoms with Crippen LogP contribution in [0.4, 0.5) is 10.1 Å². The Morgan fingerprint density at radius 2 is 2.12 bits per heavy atom. The van der Waals surface area contributed by atoms with Crippen molar-refractivity contribution in [2.75, 3.05) is 25.5 Å². The van der Waals surface area contributed by atoms with Crippen LogP contribution in [0.3, 0.4) is 0 Å². The number of nitrogens with one attached hydrogen (secondary N) is 1. The molecule has 0 aliphatic carbocycles.